The number of hydrogen-bond donors (Lipinski definition) is 1. The first kappa shape index (κ1) is 17.0. The number of nitrogens with two attached hydrogens (primary N) is 1. The Morgan fingerprint density at radius 3 is 2.48 bits per heavy atom. The van der Waals surface area contributed by atoms with E-state index < -0.39 is 18.0 Å². The van der Waals surface area contributed by atoms with Crippen LogP contribution < -0.4 is 5.73 Å². The topological polar surface area (TPSA) is 89.7 Å². The molecular formula is C14H18N2O4S. The van der Waals surface area contributed by atoms with Gasteiger partial charge in [0.2, 0.25) is 5.91 Å². The molecule has 0 bridgehead atoms. The standard InChI is InChI=1S/C14H18N2O4S/c1-9(13(15)18)20-14(19)10-6-4-5-7-11(10)21-8-12(17)16(2)3/h4-7,9H,8H2,1-3H3,(H2,15,18)/t9-/m0/s1. The van der Waals surface area contributed by atoms with Gasteiger partial charge < -0.3 is 15.4 Å². The second-order valence-electron chi connectivity index (χ2n) is 4.52. The summed E-state index contributed by atoms with van der Waals surface area (Å²) in [6.45, 7) is 1.41. The van der Waals surface area contributed by atoms with E-state index in [2.05, 4.69) is 0 Å². The van der Waals surface area contributed by atoms with Crippen molar-refractivity contribution in [3.05, 3.63) is 29.8 Å². The minimum Gasteiger partial charge on any atom is -0.449 e. The van der Waals surface area contributed by atoms with Crippen molar-refractivity contribution in [2.24, 2.45) is 5.73 Å². The predicted molar refractivity (Wildman–Crippen MR) is 79.9 cm³/mol. The van der Waals surface area contributed by atoms with Gasteiger partial charge in [-0.2, -0.15) is 0 Å². The average Bonchev–Trinajstić information content (AvgIpc) is 2.44. The van der Waals surface area contributed by atoms with Crippen LogP contribution in [0.4, 0.5) is 0 Å². The van der Waals surface area contributed by atoms with Gasteiger partial charge in [0.1, 0.15) is 0 Å². The number of benzene rings is 1. The van der Waals surface area contributed by atoms with E-state index in [9.17, 15) is 14.4 Å². The fraction of sp³-hybridized carbons (Fsp3) is 0.357. The van der Waals surface area contributed by atoms with Gasteiger partial charge >= 0.3 is 5.97 Å². The summed E-state index contributed by atoms with van der Waals surface area (Å²) in [7, 11) is 3.33. The summed E-state index contributed by atoms with van der Waals surface area (Å²) >= 11 is 1.24. The lowest BCUT2D eigenvalue weighted by Gasteiger charge is -2.13. The first-order valence-corrected chi connectivity index (χ1v) is 7.23. The molecule has 0 aliphatic carbocycles. The number of hydrogen-bond acceptors (Lipinski definition) is 5. The van der Waals surface area contributed by atoms with E-state index >= 15 is 0 Å². The van der Waals surface area contributed by atoms with Gasteiger partial charge in [-0.05, 0) is 19.1 Å². The number of esters is 1. The van der Waals surface area contributed by atoms with Gasteiger partial charge in [0.05, 0.1) is 11.3 Å². The van der Waals surface area contributed by atoms with Crippen LogP contribution in [-0.2, 0) is 14.3 Å². The third kappa shape index (κ3) is 5.11. The van der Waals surface area contributed by atoms with E-state index in [1.165, 1.54) is 23.6 Å². The van der Waals surface area contributed by atoms with Crippen LogP contribution in [0.2, 0.25) is 0 Å². The van der Waals surface area contributed by atoms with Crippen LogP contribution >= 0.6 is 11.8 Å². The maximum absolute atomic E-state index is 12.0. The summed E-state index contributed by atoms with van der Waals surface area (Å²) in [4.78, 5) is 36.6. The summed E-state index contributed by atoms with van der Waals surface area (Å²) in [5.41, 5.74) is 5.37. The first-order valence-electron chi connectivity index (χ1n) is 6.25. The quantitative estimate of drug-likeness (QED) is 0.623. The molecule has 1 atom stereocenters. The molecule has 0 heterocycles. The molecule has 2 N–H and O–H groups in total. The van der Waals surface area contributed by atoms with Crippen LogP contribution in [0.1, 0.15) is 17.3 Å². The predicted octanol–water partition coefficient (Wildman–Crippen LogP) is 0.897. The van der Waals surface area contributed by atoms with E-state index in [4.69, 9.17) is 10.5 Å². The lowest BCUT2D eigenvalue weighted by atomic mass is 10.2. The molecular weight excluding hydrogens is 292 g/mol. The molecule has 0 saturated carbocycles. The third-order valence-electron chi connectivity index (χ3n) is 2.64. The average molecular weight is 310 g/mol. The molecule has 2 amide bonds. The third-order valence-corrected chi connectivity index (χ3v) is 3.70. The smallest absolute Gasteiger partial charge is 0.340 e. The van der Waals surface area contributed by atoms with Crippen LogP contribution in [-0.4, -0.2) is 48.6 Å². The molecule has 0 spiro atoms. The van der Waals surface area contributed by atoms with Crippen LogP contribution in [0.15, 0.2) is 29.2 Å². The number of ether oxygens (including phenoxy) is 1. The van der Waals surface area contributed by atoms with Crippen LogP contribution in [0.5, 0.6) is 0 Å². The maximum atomic E-state index is 12.0. The number of rotatable bonds is 6. The fourth-order valence-corrected chi connectivity index (χ4v) is 2.33. The minimum atomic E-state index is -1.00. The van der Waals surface area contributed by atoms with Crippen molar-refractivity contribution >= 4 is 29.5 Å². The normalized spacial score (nSPS) is 11.6. The van der Waals surface area contributed by atoms with Gasteiger partial charge in [0.15, 0.2) is 6.10 Å². The second-order valence-corrected chi connectivity index (χ2v) is 5.54. The summed E-state index contributed by atoms with van der Waals surface area (Å²) in [6, 6.07) is 6.75. The maximum Gasteiger partial charge on any atom is 0.340 e. The molecule has 1 rings (SSSR count). The highest BCUT2D eigenvalue weighted by Gasteiger charge is 2.19. The summed E-state index contributed by atoms with van der Waals surface area (Å²) in [5, 5.41) is 0. The van der Waals surface area contributed by atoms with E-state index in [0.29, 0.717) is 10.5 Å². The molecule has 0 radical (unpaired) electrons. The number of primary amides is 1. The minimum absolute atomic E-state index is 0.0614. The number of carbonyl (C=O) groups is 3. The van der Waals surface area contributed by atoms with Gasteiger partial charge in [-0.1, -0.05) is 12.1 Å². The Balaban J connectivity index is 2.81. The molecule has 0 aliphatic rings. The van der Waals surface area contributed by atoms with Crippen molar-refractivity contribution in [1.82, 2.24) is 4.90 Å². The zero-order valence-electron chi connectivity index (χ0n) is 12.2. The Morgan fingerprint density at radius 1 is 1.29 bits per heavy atom. The number of nitrogens with zero attached hydrogens (tertiary/aromatic N) is 1. The molecule has 21 heavy (non-hydrogen) atoms. The SMILES string of the molecule is C[C@H](OC(=O)c1ccccc1SCC(=O)N(C)C)C(N)=O. The second kappa shape index (κ2) is 7.68. The molecule has 6 nitrogen and oxygen atoms in total. The summed E-state index contributed by atoms with van der Waals surface area (Å²) in [5.74, 6) is -1.20. The van der Waals surface area contributed by atoms with Crippen molar-refractivity contribution in [3.8, 4) is 0 Å². The van der Waals surface area contributed by atoms with Gasteiger partial charge in [0.25, 0.3) is 5.91 Å². The van der Waals surface area contributed by atoms with Crippen molar-refractivity contribution in [2.75, 3.05) is 19.8 Å². The van der Waals surface area contributed by atoms with E-state index in [1.54, 1.807) is 38.4 Å². The molecule has 0 fully saturated rings. The van der Waals surface area contributed by atoms with Gasteiger partial charge in [-0.15, -0.1) is 11.8 Å². The highest BCUT2D eigenvalue weighted by atomic mass is 32.2. The molecule has 114 valence electrons. The Morgan fingerprint density at radius 2 is 1.90 bits per heavy atom. The zero-order valence-corrected chi connectivity index (χ0v) is 13.0. The molecule has 7 heteroatoms. The highest BCUT2D eigenvalue weighted by molar-refractivity contribution is 8.00. The van der Waals surface area contributed by atoms with E-state index in [-0.39, 0.29) is 11.7 Å². The molecule has 0 aliphatic heterocycles. The largest absolute Gasteiger partial charge is 0.449 e. The van der Waals surface area contributed by atoms with Crippen LogP contribution in [0.25, 0.3) is 0 Å². The van der Waals surface area contributed by atoms with Gasteiger partial charge in [-0.25, -0.2) is 4.79 Å². The van der Waals surface area contributed by atoms with E-state index in [1.807, 2.05) is 0 Å². The Bertz CT molecular complexity index is 546. The molecule has 0 saturated heterocycles. The number of carbonyl (C=O) groups excluding carboxylic acids is 3. The summed E-state index contributed by atoms with van der Waals surface area (Å²) in [6.07, 6.45) is -1.00. The number of amides is 2. The van der Waals surface area contributed by atoms with E-state index in [0.717, 1.165) is 0 Å². The molecule has 1 aromatic carbocycles. The molecule has 0 aromatic heterocycles. The monoisotopic (exact) mass is 310 g/mol. The van der Waals surface area contributed by atoms with Crippen LogP contribution in [0, 0.1) is 0 Å². The zero-order chi connectivity index (χ0) is 16.0. The Kier molecular flexibility index (Phi) is 6.23. The number of thioether (sulfide) groups is 1. The Hall–Kier alpha value is -2.02. The summed E-state index contributed by atoms with van der Waals surface area (Å²) < 4.78 is 4.97. The highest BCUT2D eigenvalue weighted by Crippen LogP contribution is 2.23. The van der Waals surface area contributed by atoms with Gasteiger partial charge in [-0.3, -0.25) is 9.59 Å². The van der Waals surface area contributed by atoms with Crippen molar-refractivity contribution in [3.63, 3.8) is 0 Å². The molecule has 1 aromatic rings. The first-order chi connectivity index (χ1) is 9.82. The Labute approximate surface area is 127 Å². The van der Waals surface area contributed by atoms with Crippen molar-refractivity contribution < 1.29 is 19.1 Å². The van der Waals surface area contributed by atoms with Gasteiger partial charge in [0, 0.05) is 19.0 Å². The van der Waals surface area contributed by atoms with Crippen LogP contribution in [0.3, 0.4) is 0 Å². The lowest BCUT2D eigenvalue weighted by molar-refractivity contribution is -0.126. The van der Waals surface area contributed by atoms with Crippen molar-refractivity contribution in [1.29, 1.82) is 0 Å². The fourth-order valence-electron chi connectivity index (χ4n) is 1.31. The van der Waals surface area contributed by atoms with Crippen molar-refractivity contribution in [2.45, 2.75) is 17.9 Å². The lowest BCUT2D eigenvalue weighted by Crippen LogP contribution is -2.30. The molecule has 0 unspecified atom stereocenters.